The van der Waals surface area contributed by atoms with Gasteiger partial charge in [-0.1, -0.05) is 6.58 Å². The molecule has 1 aromatic carbocycles. The lowest BCUT2D eigenvalue weighted by molar-refractivity contribution is -0.137. The van der Waals surface area contributed by atoms with E-state index in [1.807, 2.05) is 6.07 Å². The lowest BCUT2D eigenvalue weighted by Gasteiger charge is -2.03. The second-order valence-corrected chi connectivity index (χ2v) is 4.97. The van der Waals surface area contributed by atoms with E-state index in [-0.39, 0.29) is 23.3 Å². The second kappa shape index (κ2) is 5.79. The van der Waals surface area contributed by atoms with Crippen LogP contribution >= 0.6 is 11.8 Å². The molecule has 0 bridgehead atoms. The van der Waals surface area contributed by atoms with E-state index < -0.39 is 0 Å². The van der Waals surface area contributed by atoms with Crippen molar-refractivity contribution < 1.29 is 14.3 Å². The minimum Gasteiger partial charge on any atom is -0.468 e. The van der Waals surface area contributed by atoms with Gasteiger partial charge in [-0.15, -0.1) is 11.8 Å². The molecule has 0 radical (unpaired) electrons. The third-order valence-corrected chi connectivity index (χ3v) is 3.50. The van der Waals surface area contributed by atoms with Crippen molar-refractivity contribution in [2.24, 2.45) is 0 Å². The molecule has 2 N–H and O–H groups in total. The molecule has 0 amide bonds. The Balaban J connectivity index is 1.95. The third kappa shape index (κ3) is 3.29. The van der Waals surface area contributed by atoms with Gasteiger partial charge >= 0.3 is 5.97 Å². The number of thioether (sulfide) groups is 1. The molecule has 0 unspecified atom stereocenters. The number of esters is 1. The molecule has 1 aliphatic rings. The number of hydrogen-bond donors (Lipinski definition) is 2. The number of methoxy groups -OCH3 is 1. The molecule has 1 aromatic rings. The number of ether oxygens (including phenoxy) is 1. The molecule has 1 aliphatic heterocycles. The number of carbonyl (C=O) groups is 2. The number of benzene rings is 1. The van der Waals surface area contributed by atoms with E-state index in [1.54, 1.807) is 12.1 Å². The van der Waals surface area contributed by atoms with Gasteiger partial charge in [0.15, 0.2) is 5.78 Å². The fourth-order valence-electron chi connectivity index (χ4n) is 1.66. The topological polar surface area (TPSA) is 67.4 Å². The minimum atomic E-state index is -0.325. The highest BCUT2D eigenvalue weighted by Crippen LogP contribution is 2.30. The first-order chi connectivity index (χ1) is 9.10. The van der Waals surface area contributed by atoms with E-state index in [1.165, 1.54) is 18.9 Å². The average Bonchev–Trinajstić information content (AvgIpc) is 2.77. The number of hydrogen-bond acceptors (Lipinski definition) is 6. The van der Waals surface area contributed by atoms with Crippen LogP contribution in [0.25, 0.3) is 0 Å². The van der Waals surface area contributed by atoms with Crippen LogP contribution in [-0.2, 0) is 9.53 Å². The molecular weight excluding hydrogens is 264 g/mol. The van der Waals surface area contributed by atoms with Crippen LogP contribution in [0.3, 0.4) is 0 Å². The number of carbonyl (C=O) groups excluding carboxylic acids is 2. The molecule has 2 rings (SSSR count). The fraction of sp³-hybridized carbons (Fsp3) is 0.231. The Bertz CT molecular complexity index is 543. The zero-order valence-corrected chi connectivity index (χ0v) is 11.3. The van der Waals surface area contributed by atoms with Gasteiger partial charge in [-0.05, 0) is 18.2 Å². The lowest BCUT2D eigenvalue weighted by atomic mass is 10.1. The molecule has 0 saturated carbocycles. The smallest absolute Gasteiger partial charge is 0.315 e. The quantitative estimate of drug-likeness (QED) is 0.635. The Morgan fingerprint density at radius 3 is 2.74 bits per heavy atom. The third-order valence-electron chi connectivity index (χ3n) is 2.59. The summed E-state index contributed by atoms with van der Waals surface area (Å²) in [5.41, 5.74) is 2.36. The van der Waals surface area contributed by atoms with Gasteiger partial charge < -0.3 is 15.4 Å². The summed E-state index contributed by atoms with van der Waals surface area (Å²) in [6.07, 6.45) is 0. The van der Waals surface area contributed by atoms with Crippen molar-refractivity contribution in [2.75, 3.05) is 29.2 Å². The van der Waals surface area contributed by atoms with Gasteiger partial charge in [0.05, 0.1) is 30.0 Å². The number of Topliss-reactive ketones (excluding diaryl/α,β-unsaturated/α-hetero) is 1. The number of nitrogens with one attached hydrogen (secondary N) is 2. The highest BCUT2D eigenvalue weighted by Gasteiger charge is 2.15. The highest BCUT2D eigenvalue weighted by atomic mass is 32.2. The van der Waals surface area contributed by atoms with E-state index >= 15 is 0 Å². The van der Waals surface area contributed by atoms with E-state index in [4.69, 9.17) is 0 Å². The Kier molecular flexibility index (Phi) is 4.11. The largest absolute Gasteiger partial charge is 0.468 e. The summed E-state index contributed by atoms with van der Waals surface area (Å²) < 4.78 is 4.51. The predicted molar refractivity (Wildman–Crippen MR) is 76.5 cm³/mol. The number of anilines is 2. The summed E-state index contributed by atoms with van der Waals surface area (Å²) in [6.45, 7) is 3.76. The van der Waals surface area contributed by atoms with Gasteiger partial charge in [-0.25, -0.2) is 0 Å². The molecule has 5 nitrogen and oxygen atoms in total. The molecule has 6 heteroatoms. The first-order valence-electron chi connectivity index (χ1n) is 5.65. The van der Waals surface area contributed by atoms with Crippen LogP contribution in [0, 0.1) is 0 Å². The van der Waals surface area contributed by atoms with Crippen LogP contribution in [0.5, 0.6) is 0 Å². The van der Waals surface area contributed by atoms with Crippen molar-refractivity contribution in [3.63, 3.8) is 0 Å². The summed E-state index contributed by atoms with van der Waals surface area (Å²) in [6, 6.07) is 5.37. The van der Waals surface area contributed by atoms with Gasteiger partial charge in [0.25, 0.3) is 0 Å². The molecule has 0 saturated heterocycles. The van der Waals surface area contributed by atoms with Gasteiger partial charge in [0.1, 0.15) is 5.82 Å². The zero-order valence-electron chi connectivity index (χ0n) is 10.5. The van der Waals surface area contributed by atoms with Crippen molar-refractivity contribution >= 4 is 34.9 Å². The molecule has 0 aliphatic carbocycles. The Labute approximate surface area is 115 Å². The maximum Gasteiger partial charge on any atom is 0.315 e. The zero-order chi connectivity index (χ0) is 13.8. The van der Waals surface area contributed by atoms with Crippen molar-refractivity contribution in [2.45, 2.75) is 0 Å². The first kappa shape index (κ1) is 13.5. The standard InChI is InChI=1S/C13H14N2O3S/c1-8-14-10-4-3-9(5-11(10)15-8)12(16)6-19-7-13(17)18-2/h3-5,14-15H,1,6-7H2,2H3. The number of fused-ring (bicyclic) bond motifs is 1. The first-order valence-corrected chi connectivity index (χ1v) is 6.80. The minimum absolute atomic E-state index is 0.0176. The highest BCUT2D eigenvalue weighted by molar-refractivity contribution is 8.00. The summed E-state index contributed by atoms with van der Waals surface area (Å²) in [4.78, 5) is 22.9. The van der Waals surface area contributed by atoms with Crippen molar-refractivity contribution in [3.05, 3.63) is 36.2 Å². The van der Waals surface area contributed by atoms with Crippen LogP contribution in [0.4, 0.5) is 11.4 Å². The fourth-order valence-corrected chi connectivity index (χ4v) is 2.39. The lowest BCUT2D eigenvalue weighted by Crippen LogP contribution is -2.08. The number of rotatable bonds is 5. The summed E-state index contributed by atoms with van der Waals surface area (Å²) in [7, 11) is 1.33. The van der Waals surface area contributed by atoms with Crippen molar-refractivity contribution in [1.82, 2.24) is 0 Å². The van der Waals surface area contributed by atoms with Crippen LogP contribution in [0.2, 0.25) is 0 Å². The summed E-state index contributed by atoms with van der Waals surface area (Å²) in [5, 5.41) is 6.08. The second-order valence-electron chi connectivity index (χ2n) is 3.98. The van der Waals surface area contributed by atoms with Gasteiger partial charge in [-0.3, -0.25) is 9.59 Å². The maximum atomic E-state index is 12.0. The molecule has 0 aromatic heterocycles. The monoisotopic (exact) mass is 278 g/mol. The molecule has 0 spiro atoms. The van der Waals surface area contributed by atoms with E-state index in [0.29, 0.717) is 11.4 Å². The SMILES string of the molecule is C=C1Nc2ccc(C(=O)CSCC(=O)OC)cc2N1. The van der Waals surface area contributed by atoms with Gasteiger partial charge in [0.2, 0.25) is 0 Å². The van der Waals surface area contributed by atoms with Crippen LogP contribution in [-0.4, -0.2) is 30.4 Å². The van der Waals surface area contributed by atoms with Crippen LogP contribution in [0.1, 0.15) is 10.4 Å². The molecule has 0 fully saturated rings. The Morgan fingerprint density at radius 2 is 2.00 bits per heavy atom. The van der Waals surface area contributed by atoms with E-state index in [9.17, 15) is 9.59 Å². The average molecular weight is 278 g/mol. The van der Waals surface area contributed by atoms with E-state index in [2.05, 4.69) is 21.9 Å². The van der Waals surface area contributed by atoms with Crippen LogP contribution in [0.15, 0.2) is 30.6 Å². The maximum absolute atomic E-state index is 12.0. The number of ketones is 1. The van der Waals surface area contributed by atoms with Crippen molar-refractivity contribution in [3.8, 4) is 0 Å². The molecular formula is C13H14N2O3S. The predicted octanol–water partition coefficient (Wildman–Crippen LogP) is 2.08. The summed E-state index contributed by atoms with van der Waals surface area (Å²) >= 11 is 1.25. The summed E-state index contributed by atoms with van der Waals surface area (Å²) in [5.74, 6) is 0.788. The molecule has 1 heterocycles. The van der Waals surface area contributed by atoms with Crippen molar-refractivity contribution in [1.29, 1.82) is 0 Å². The van der Waals surface area contributed by atoms with Gasteiger partial charge in [-0.2, -0.15) is 0 Å². The van der Waals surface area contributed by atoms with Gasteiger partial charge in [0, 0.05) is 5.56 Å². The Hall–Kier alpha value is -1.95. The Morgan fingerprint density at radius 1 is 1.26 bits per heavy atom. The van der Waals surface area contributed by atoms with Crippen LogP contribution < -0.4 is 10.6 Å². The molecule has 100 valence electrons. The molecule has 19 heavy (non-hydrogen) atoms. The molecule has 0 atom stereocenters. The van der Waals surface area contributed by atoms with E-state index in [0.717, 1.165) is 11.4 Å². The normalized spacial score (nSPS) is 12.4.